The lowest BCUT2D eigenvalue weighted by Crippen LogP contribution is -2.29. The monoisotopic (exact) mass is 531 g/mol. The van der Waals surface area contributed by atoms with E-state index in [1.165, 1.54) is 11.2 Å². The fraction of sp³-hybridized carbons (Fsp3) is 0.355. The molecule has 1 aromatic heterocycles. The van der Waals surface area contributed by atoms with Crippen molar-refractivity contribution in [2.24, 2.45) is 0 Å². The van der Waals surface area contributed by atoms with E-state index in [0.29, 0.717) is 48.0 Å². The summed E-state index contributed by atoms with van der Waals surface area (Å²) in [5.41, 5.74) is 2.03. The predicted molar refractivity (Wildman–Crippen MR) is 145 cm³/mol. The molecular formula is C31H33NO7. The number of carbonyl (C=O) groups excluding carboxylic acids is 2. The Hall–Kier alpha value is -4.20. The highest BCUT2D eigenvalue weighted by molar-refractivity contribution is 6.46. The van der Waals surface area contributed by atoms with Crippen LogP contribution in [0.4, 0.5) is 0 Å². The number of carbonyl (C=O) groups is 2. The molecular weight excluding hydrogens is 498 g/mol. The van der Waals surface area contributed by atoms with Gasteiger partial charge in [-0.3, -0.25) is 9.59 Å². The number of ketones is 1. The summed E-state index contributed by atoms with van der Waals surface area (Å²) in [6, 6.07) is 13.3. The van der Waals surface area contributed by atoms with Crippen molar-refractivity contribution in [3.63, 3.8) is 0 Å². The molecule has 0 bridgehead atoms. The van der Waals surface area contributed by atoms with Crippen LogP contribution in [0.2, 0.25) is 0 Å². The molecule has 2 atom stereocenters. The molecule has 0 aliphatic carbocycles. The molecule has 1 fully saturated rings. The van der Waals surface area contributed by atoms with Crippen LogP contribution in [0.15, 0.2) is 64.8 Å². The first kappa shape index (κ1) is 26.4. The topological polar surface area (TPSA) is 98.4 Å². The van der Waals surface area contributed by atoms with E-state index in [-0.39, 0.29) is 24.0 Å². The Kier molecular flexibility index (Phi) is 7.63. The van der Waals surface area contributed by atoms with E-state index < -0.39 is 17.7 Å². The van der Waals surface area contributed by atoms with Gasteiger partial charge in [0.25, 0.3) is 11.7 Å². The van der Waals surface area contributed by atoms with Gasteiger partial charge in [0, 0.05) is 12.0 Å². The quantitative estimate of drug-likeness (QED) is 0.153. The second kappa shape index (κ2) is 11.3. The molecule has 0 radical (unpaired) electrons. The zero-order valence-corrected chi connectivity index (χ0v) is 22.4. The van der Waals surface area contributed by atoms with Crippen LogP contribution in [0.5, 0.6) is 17.2 Å². The normalized spacial score (nSPS) is 19.7. The number of rotatable bonds is 10. The molecule has 8 heteroatoms. The average Bonchev–Trinajstić information content (AvgIpc) is 3.63. The van der Waals surface area contributed by atoms with Gasteiger partial charge in [-0.2, -0.15) is 0 Å². The summed E-state index contributed by atoms with van der Waals surface area (Å²) in [5, 5.41) is 11.5. The number of amides is 1. The molecule has 2 aromatic carbocycles. The SMILES string of the molecule is CCCCOc1ccc([C@H]2C(=C(O)c3ccc4c(c3)C[C@H](C)O4)C(=O)C(=O)N2Cc2ccco2)cc1OCC. The van der Waals surface area contributed by atoms with E-state index in [1.54, 1.807) is 42.5 Å². The second-order valence-corrected chi connectivity index (χ2v) is 9.80. The molecule has 204 valence electrons. The third-order valence-electron chi connectivity index (χ3n) is 6.95. The Morgan fingerprint density at radius 2 is 1.92 bits per heavy atom. The van der Waals surface area contributed by atoms with E-state index in [1.807, 2.05) is 19.9 Å². The number of benzene rings is 2. The number of aliphatic hydroxyl groups is 1. The number of likely N-dealkylation sites (tertiary alicyclic amines) is 1. The molecule has 1 saturated heterocycles. The minimum atomic E-state index is -0.859. The smallest absolute Gasteiger partial charge is 0.296 e. The highest BCUT2D eigenvalue weighted by Gasteiger charge is 2.46. The van der Waals surface area contributed by atoms with Crippen molar-refractivity contribution in [3.8, 4) is 17.2 Å². The number of furan rings is 1. The van der Waals surface area contributed by atoms with E-state index >= 15 is 0 Å². The number of aliphatic hydroxyl groups excluding tert-OH is 1. The number of Topliss-reactive ketones (excluding diaryl/α,β-unsaturated/α-hetero) is 1. The summed E-state index contributed by atoms with van der Waals surface area (Å²) in [4.78, 5) is 28.2. The lowest BCUT2D eigenvalue weighted by Gasteiger charge is -2.25. The number of ether oxygens (including phenoxy) is 3. The van der Waals surface area contributed by atoms with E-state index in [2.05, 4.69) is 6.92 Å². The van der Waals surface area contributed by atoms with Gasteiger partial charge in [-0.05, 0) is 73.9 Å². The maximum atomic E-state index is 13.5. The summed E-state index contributed by atoms with van der Waals surface area (Å²) in [5.74, 6) is 0.684. The van der Waals surface area contributed by atoms with Crippen molar-refractivity contribution in [2.45, 2.75) is 58.7 Å². The molecule has 2 aliphatic heterocycles. The second-order valence-electron chi connectivity index (χ2n) is 9.80. The highest BCUT2D eigenvalue weighted by atomic mass is 16.5. The predicted octanol–water partition coefficient (Wildman–Crippen LogP) is 5.80. The molecule has 39 heavy (non-hydrogen) atoms. The summed E-state index contributed by atoms with van der Waals surface area (Å²) in [7, 11) is 0. The lowest BCUT2D eigenvalue weighted by molar-refractivity contribution is -0.140. The van der Waals surface area contributed by atoms with Gasteiger partial charge in [0.05, 0.1) is 37.6 Å². The van der Waals surface area contributed by atoms with E-state index in [0.717, 1.165) is 24.2 Å². The Balaban J connectivity index is 1.60. The molecule has 0 saturated carbocycles. The van der Waals surface area contributed by atoms with Crippen molar-refractivity contribution >= 4 is 17.4 Å². The van der Waals surface area contributed by atoms with Gasteiger partial charge < -0.3 is 28.6 Å². The first-order valence-corrected chi connectivity index (χ1v) is 13.4. The Morgan fingerprint density at radius 1 is 1.08 bits per heavy atom. The zero-order chi connectivity index (χ0) is 27.5. The number of nitrogens with zero attached hydrogens (tertiary/aromatic N) is 1. The summed E-state index contributed by atoms with van der Waals surface area (Å²) in [6.07, 6.45) is 4.15. The van der Waals surface area contributed by atoms with Gasteiger partial charge >= 0.3 is 0 Å². The zero-order valence-electron chi connectivity index (χ0n) is 22.4. The van der Waals surface area contributed by atoms with Gasteiger partial charge in [0.15, 0.2) is 11.5 Å². The average molecular weight is 532 g/mol. The molecule has 0 spiro atoms. The molecule has 3 aromatic rings. The van der Waals surface area contributed by atoms with Crippen LogP contribution in [-0.2, 0) is 22.6 Å². The molecule has 3 heterocycles. The van der Waals surface area contributed by atoms with Crippen molar-refractivity contribution in [3.05, 3.63) is 82.8 Å². The van der Waals surface area contributed by atoms with Crippen molar-refractivity contribution in [2.75, 3.05) is 13.2 Å². The molecule has 1 N–H and O–H groups in total. The van der Waals surface area contributed by atoms with Crippen LogP contribution in [0.3, 0.4) is 0 Å². The molecule has 2 aliphatic rings. The van der Waals surface area contributed by atoms with Crippen LogP contribution in [0.1, 0.15) is 62.1 Å². The first-order chi connectivity index (χ1) is 18.9. The van der Waals surface area contributed by atoms with Crippen LogP contribution < -0.4 is 14.2 Å². The van der Waals surface area contributed by atoms with E-state index in [9.17, 15) is 14.7 Å². The largest absolute Gasteiger partial charge is 0.507 e. The van der Waals surface area contributed by atoms with Crippen LogP contribution in [-0.4, -0.2) is 41.0 Å². The molecule has 0 unspecified atom stereocenters. The van der Waals surface area contributed by atoms with Gasteiger partial charge in [0.1, 0.15) is 23.4 Å². The van der Waals surface area contributed by atoms with Crippen molar-refractivity contribution in [1.82, 2.24) is 4.90 Å². The number of hydrogen-bond donors (Lipinski definition) is 1. The van der Waals surface area contributed by atoms with Crippen molar-refractivity contribution < 1.29 is 33.3 Å². The fourth-order valence-corrected chi connectivity index (χ4v) is 5.09. The molecule has 5 rings (SSSR count). The van der Waals surface area contributed by atoms with Gasteiger partial charge in [-0.1, -0.05) is 19.4 Å². The lowest BCUT2D eigenvalue weighted by atomic mass is 9.94. The van der Waals surface area contributed by atoms with Crippen LogP contribution in [0, 0.1) is 0 Å². The van der Waals surface area contributed by atoms with Gasteiger partial charge in [-0.15, -0.1) is 0 Å². The summed E-state index contributed by atoms with van der Waals surface area (Å²) >= 11 is 0. The maximum Gasteiger partial charge on any atom is 0.296 e. The van der Waals surface area contributed by atoms with Gasteiger partial charge in [0.2, 0.25) is 0 Å². The number of hydrogen-bond acceptors (Lipinski definition) is 7. The van der Waals surface area contributed by atoms with Crippen molar-refractivity contribution in [1.29, 1.82) is 0 Å². The molecule has 1 amide bonds. The Morgan fingerprint density at radius 3 is 2.67 bits per heavy atom. The van der Waals surface area contributed by atoms with Crippen LogP contribution in [0.25, 0.3) is 5.76 Å². The molecule has 8 nitrogen and oxygen atoms in total. The highest BCUT2D eigenvalue weighted by Crippen LogP contribution is 2.43. The minimum absolute atomic E-state index is 0.0144. The fourth-order valence-electron chi connectivity index (χ4n) is 5.09. The first-order valence-electron chi connectivity index (χ1n) is 13.4. The summed E-state index contributed by atoms with van der Waals surface area (Å²) in [6.45, 7) is 6.97. The maximum absolute atomic E-state index is 13.5. The Labute approximate surface area is 227 Å². The summed E-state index contributed by atoms with van der Waals surface area (Å²) < 4.78 is 23.1. The number of fused-ring (bicyclic) bond motifs is 1. The third kappa shape index (κ3) is 5.24. The van der Waals surface area contributed by atoms with Crippen LogP contribution >= 0.6 is 0 Å². The minimum Gasteiger partial charge on any atom is -0.507 e. The van der Waals surface area contributed by atoms with Gasteiger partial charge in [-0.25, -0.2) is 0 Å². The van der Waals surface area contributed by atoms with E-state index in [4.69, 9.17) is 18.6 Å². The number of unbranched alkanes of at least 4 members (excludes halogenated alkanes) is 1. The Bertz CT molecular complexity index is 1390. The standard InChI is InChI=1S/C31H33NO7/c1-4-6-13-38-25-12-9-20(17-26(25)36-5-2)28-27(30(34)31(35)32(28)18-23-8-7-14-37-23)29(33)21-10-11-24-22(16-21)15-19(3)39-24/h7-12,14,16-17,19,28,33H,4-6,13,15,18H2,1-3H3/t19-,28-/m0/s1. The third-order valence-corrected chi connectivity index (χ3v) is 6.95.